The summed E-state index contributed by atoms with van der Waals surface area (Å²) in [5.74, 6) is 1.85. The minimum absolute atomic E-state index is 0.456. The molecule has 1 aromatic carbocycles. The molecule has 0 unspecified atom stereocenters. The first-order chi connectivity index (χ1) is 8.72. The van der Waals surface area contributed by atoms with Crippen molar-refractivity contribution in [2.75, 3.05) is 7.11 Å². The van der Waals surface area contributed by atoms with Crippen molar-refractivity contribution in [3.8, 4) is 11.5 Å². The first-order valence-corrected chi connectivity index (χ1v) is 7.05. The molecule has 0 radical (unpaired) electrons. The van der Waals surface area contributed by atoms with E-state index < -0.39 is 0 Å². The van der Waals surface area contributed by atoms with Crippen molar-refractivity contribution < 1.29 is 9.47 Å². The Kier molecular flexibility index (Phi) is 4.75. The summed E-state index contributed by atoms with van der Waals surface area (Å²) >= 11 is 13.1. The van der Waals surface area contributed by atoms with Gasteiger partial charge in [0, 0.05) is 10.8 Å². The molecule has 0 aliphatic rings. The standard InChI is InChI=1S/C13H12Cl2O2S/c1-16-12-6-9(7-14)2-4-11(12)17-8-10-3-5-13(15)18-10/h2-6H,7-8H2,1H3. The molecule has 1 heterocycles. The summed E-state index contributed by atoms with van der Waals surface area (Å²) in [6, 6.07) is 9.48. The summed E-state index contributed by atoms with van der Waals surface area (Å²) in [5, 5.41) is 0. The first kappa shape index (κ1) is 13.5. The number of ether oxygens (including phenoxy) is 2. The average molecular weight is 303 g/mol. The molecule has 0 N–H and O–H groups in total. The maximum Gasteiger partial charge on any atom is 0.161 e. The van der Waals surface area contributed by atoms with Gasteiger partial charge in [0.1, 0.15) is 6.61 Å². The fourth-order valence-electron chi connectivity index (χ4n) is 1.49. The highest BCUT2D eigenvalue weighted by Gasteiger charge is 2.06. The number of halogens is 2. The van der Waals surface area contributed by atoms with Crippen molar-refractivity contribution in [1.29, 1.82) is 0 Å². The van der Waals surface area contributed by atoms with Gasteiger partial charge in [-0.1, -0.05) is 17.7 Å². The van der Waals surface area contributed by atoms with Crippen molar-refractivity contribution in [1.82, 2.24) is 0 Å². The van der Waals surface area contributed by atoms with Crippen molar-refractivity contribution >= 4 is 34.5 Å². The second-order valence-corrected chi connectivity index (χ2v) is 5.68. The zero-order chi connectivity index (χ0) is 13.0. The van der Waals surface area contributed by atoms with Crippen molar-refractivity contribution in [3.05, 3.63) is 45.1 Å². The number of benzene rings is 1. The third-order valence-corrected chi connectivity index (χ3v) is 3.89. The lowest BCUT2D eigenvalue weighted by Crippen LogP contribution is -1.96. The van der Waals surface area contributed by atoms with Gasteiger partial charge in [-0.05, 0) is 29.8 Å². The summed E-state index contributed by atoms with van der Waals surface area (Å²) in [6.07, 6.45) is 0. The predicted octanol–water partition coefficient (Wildman–Crippen LogP) is 4.73. The molecule has 0 aliphatic carbocycles. The Bertz CT molecular complexity index is 525. The summed E-state index contributed by atoms with van der Waals surface area (Å²) in [4.78, 5) is 1.07. The molecule has 0 amide bonds. The molecule has 5 heteroatoms. The minimum Gasteiger partial charge on any atom is -0.493 e. The fraction of sp³-hybridized carbons (Fsp3) is 0.231. The maximum absolute atomic E-state index is 5.86. The van der Waals surface area contributed by atoms with E-state index in [4.69, 9.17) is 32.7 Å². The molecule has 2 rings (SSSR count). The smallest absolute Gasteiger partial charge is 0.161 e. The zero-order valence-electron chi connectivity index (χ0n) is 9.78. The monoisotopic (exact) mass is 302 g/mol. The van der Waals surface area contributed by atoms with Gasteiger partial charge in [-0.3, -0.25) is 0 Å². The Morgan fingerprint density at radius 2 is 2.00 bits per heavy atom. The fourth-order valence-corrected chi connectivity index (χ4v) is 2.66. The predicted molar refractivity (Wildman–Crippen MR) is 76.2 cm³/mol. The Hall–Kier alpha value is -0.900. The van der Waals surface area contributed by atoms with Crippen LogP contribution in [0.1, 0.15) is 10.4 Å². The molecule has 0 fully saturated rings. The quantitative estimate of drug-likeness (QED) is 0.744. The number of hydrogen-bond donors (Lipinski definition) is 0. The Balaban J connectivity index is 2.08. The SMILES string of the molecule is COc1cc(CCl)ccc1OCc1ccc(Cl)s1. The van der Waals surface area contributed by atoms with Crippen molar-refractivity contribution in [2.45, 2.75) is 12.5 Å². The van der Waals surface area contributed by atoms with E-state index in [-0.39, 0.29) is 0 Å². The average Bonchev–Trinajstić information content (AvgIpc) is 2.82. The van der Waals surface area contributed by atoms with E-state index in [1.54, 1.807) is 7.11 Å². The van der Waals surface area contributed by atoms with Crippen LogP contribution in [0.15, 0.2) is 30.3 Å². The Morgan fingerprint density at radius 1 is 1.17 bits per heavy atom. The van der Waals surface area contributed by atoms with Gasteiger partial charge in [0.2, 0.25) is 0 Å². The second kappa shape index (κ2) is 6.32. The molecule has 0 saturated heterocycles. The third kappa shape index (κ3) is 3.31. The largest absolute Gasteiger partial charge is 0.493 e. The molecule has 0 atom stereocenters. The van der Waals surface area contributed by atoms with E-state index in [0.29, 0.717) is 24.0 Å². The van der Waals surface area contributed by atoms with Gasteiger partial charge in [-0.25, -0.2) is 0 Å². The second-order valence-electron chi connectivity index (χ2n) is 3.61. The van der Waals surface area contributed by atoms with Gasteiger partial charge in [0.25, 0.3) is 0 Å². The Labute approximate surface area is 120 Å². The molecule has 1 aromatic heterocycles. The van der Waals surface area contributed by atoms with Crippen LogP contribution >= 0.6 is 34.5 Å². The van der Waals surface area contributed by atoms with E-state index in [9.17, 15) is 0 Å². The first-order valence-electron chi connectivity index (χ1n) is 5.33. The number of rotatable bonds is 5. The molecular weight excluding hydrogens is 291 g/mol. The van der Waals surface area contributed by atoms with Gasteiger partial charge in [-0.2, -0.15) is 0 Å². The molecule has 0 spiro atoms. The van der Waals surface area contributed by atoms with Gasteiger partial charge < -0.3 is 9.47 Å². The highest BCUT2D eigenvalue weighted by atomic mass is 35.5. The molecular formula is C13H12Cl2O2S. The summed E-state index contributed by atoms with van der Waals surface area (Å²) in [6.45, 7) is 0.480. The lowest BCUT2D eigenvalue weighted by atomic mass is 10.2. The summed E-state index contributed by atoms with van der Waals surface area (Å²) in [5.41, 5.74) is 1.00. The van der Waals surface area contributed by atoms with Gasteiger partial charge in [0.05, 0.1) is 11.4 Å². The number of thiophene rings is 1. The van der Waals surface area contributed by atoms with Crippen LogP contribution in [0.3, 0.4) is 0 Å². The maximum atomic E-state index is 5.86. The number of hydrogen-bond acceptors (Lipinski definition) is 3. The van der Waals surface area contributed by atoms with E-state index >= 15 is 0 Å². The molecule has 0 aliphatic heterocycles. The minimum atomic E-state index is 0.456. The normalized spacial score (nSPS) is 10.4. The highest BCUT2D eigenvalue weighted by Crippen LogP contribution is 2.30. The van der Waals surface area contributed by atoms with Gasteiger partial charge >= 0.3 is 0 Å². The number of methoxy groups -OCH3 is 1. The van der Waals surface area contributed by atoms with Crippen LogP contribution in [0.5, 0.6) is 11.5 Å². The lowest BCUT2D eigenvalue weighted by molar-refractivity contribution is 0.287. The molecule has 2 nitrogen and oxygen atoms in total. The van der Waals surface area contributed by atoms with Crippen LogP contribution in [0.25, 0.3) is 0 Å². The third-order valence-electron chi connectivity index (χ3n) is 2.38. The van der Waals surface area contributed by atoms with Crippen LogP contribution in [0.2, 0.25) is 4.34 Å². The van der Waals surface area contributed by atoms with Crippen LogP contribution in [-0.4, -0.2) is 7.11 Å². The Morgan fingerprint density at radius 3 is 2.61 bits per heavy atom. The van der Waals surface area contributed by atoms with Crippen LogP contribution in [0, 0.1) is 0 Å². The highest BCUT2D eigenvalue weighted by molar-refractivity contribution is 7.16. The topological polar surface area (TPSA) is 18.5 Å². The van der Waals surface area contributed by atoms with E-state index in [0.717, 1.165) is 14.8 Å². The van der Waals surface area contributed by atoms with Crippen LogP contribution < -0.4 is 9.47 Å². The van der Waals surface area contributed by atoms with Crippen LogP contribution in [0.4, 0.5) is 0 Å². The van der Waals surface area contributed by atoms with Gasteiger partial charge in [-0.15, -0.1) is 22.9 Å². The lowest BCUT2D eigenvalue weighted by Gasteiger charge is -2.10. The van der Waals surface area contributed by atoms with Crippen molar-refractivity contribution in [3.63, 3.8) is 0 Å². The summed E-state index contributed by atoms with van der Waals surface area (Å²) < 4.78 is 11.7. The summed E-state index contributed by atoms with van der Waals surface area (Å²) in [7, 11) is 1.61. The van der Waals surface area contributed by atoms with Gasteiger partial charge in [0.15, 0.2) is 11.5 Å². The van der Waals surface area contributed by atoms with E-state index in [1.807, 2.05) is 30.3 Å². The van der Waals surface area contributed by atoms with E-state index in [2.05, 4.69) is 0 Å². The molecule has 96 valence electrons. The number of alkyl halides is 1. The molecule has 18 heavy (non-hydrogen) atoms. The van der Waals surface area contributed by atoms with Crippen LogP contribution in [-0.2, 0) is 12.5 Å². The molecule has 0 saturated carbocycles. The van der Waals surface area contributed by atoms with E-state index in [1.165, 1.54) is 11.3 Å². The molecule has 0 bridgehead atoms. The van der Waals surface area contributed by atoms with Crippen molar-refractivity contribution in [2.24, 2.45) is 0 Å². The zero-order valence-corrected chi connectivity index (χ0v) is 12.1. The molecule has 2 aromatic rings.